The molecule has 0 heterocycles. The molecule has 244 valence electrons. The van der Waals surface area contributed by atoms with Crippen molar-refractivity contribution < 1.29 is 48.6 Å². The summed E-state index contributed by atoms with van der Waals surface area (Å²) in [6, 6.07) is -5.34. The Morgan fingerprint density at radius 1 is 0.698 bits per heavy atom. The second-order valence-electron chi connectivity index (χ2n) is 10.1. The Bertz CT molecular complexity index is 1010. The van der Waals surface area contributed by atoms with Gasteiger partial charge in [-0.3, -0.25) is 33.6 Å². The van der Waals surface area contributed by atoms with Crippen LogP contribution in [0.3, 0.4) is 0 Å². The summed E-state index contributed by atoms with van der Waals surface area (Å²) in [5, 5.41) is 29.9. The van der Waals surface area contributed by atoms with Crippen molar-refractivity contribution in [2.24, 2.45) is 23.1 Å². The average Bonchev–Trinajstić information content (AvgIpc) is 2.91. The van der Waals surface area contributed by atoms with Crippen LogP contribution in [0.5, 0.6) is 0 Å². The van der Waals surface area contributed by atoms with Crippen molar-refractivity contribution in [2.45, 2.75) is 83.0 Å². The molecule has 0 aromatic heterocycles. The zero-order chi connectivity index (χ0) is 33.1. The lowest BCUT2D eigenvalue weighted by atomic mass is 10.0. The van der Waals surface area contributed by atoms with Crippen LogP contribution >= 0.6 is 0 Å². The topological polar surface area (TPSA) is 315 Å². The van der Waals surface area contributed by atoms with E-state index in [9.17, 15) is 43.5 Å². The van der Waals surface area contributed by atoms with Gasteiger partial charge < -0.3 is 54.0 Å². The fourth-order valence-corrected chi connectivity index (χ4v) is 3.74. The molecule has 43 heavy (non-hydrogen) atoms. The summed E-state index contributed by atoms with van der Waals surface area (Å²) in [6.07, 6.45) is -0.374. The number of carboxylic acid groups (broad SMARTS) is 2. The summed E-state index contributed by atoms with van der Waals surface area (Å²) in [7, 11) is 0. The first-order chi connectivity index (χ1) is 20.1. The number of aliphatic carboxylic acids is 2. The molecule has 0 aromatic rings. The molecular weight excluding hydrogens is 572 g/mol. The molecule has 18 nitrogen and oxygen atoms in total. The van der Waals surface area contributed by atoms with E-state index in [4.69, 9.17) is 22.3 Å². The highest BCUT2D eigenvalue weighted by Crippen LogP contribution is 2.08. The summed E-state index contributed by atoms with van der Waals surface area (Å²) in [5.74, 6) is -7.87. The Balaban J connectivity index is 5.53. The predicted molar refractivity (Wildman–Crippen MR) is 150 cm³/mol. The molecule has 4 atom stereocenters. The number of nitrogens with one attached hydrogen (secondary N) is 5. The van der Waals surface area contributed by atoms with Crippen LogP contribution in [-0.4, -0.2) is 101 Å². The van der Waals surface area contributed by atoms with E-state index in [1.54, 1.807) is 0 Å². The molecule has 13 N–H and O–H groups in total. The highest BCUT2D eigenvalue weighted by Gasteiger charge is 2.30. The molecule has 18 heteroatoms. The smallest absolute Gasteiger partial charge is 0.326 e. The van der Waals surface area contributed by atoms with Gasteiger partial charge in [-0.05, 0) is 44.6 Å². The first-order valence-electron chi connectivity index (χ1n) is 13.7. The number of carboxylic acids is 2. The Labute approximate surface area is 248 Å². The number of nitrogens with two attached hydrogens (primary N) is 3. The van der Waals surface area contributed by atoms with E-state index in [1.165, 1.54) is 0 Å². The quantitative estimate of drug-likeness (QED) is 0.0520. The Kier molecular flexibility index (Phi) is 18.5. The van der Waals surface area contributed by atoms with Gasteiger partial charge in [0.05, 0.1) is 19.5 Å². The van der Waals surface area contributed by atoms with E-state index in [0.717, 1.165) is 0 Å². The zero-order valence-corrected chi connectivity index (χ0v) is 24.4. The second-order valence-corrected chi connectivity index (χ2v) is 10.1. The maximum absolute atomic E-state index is 13.0. The molecule has 0 radical (unpaired) electrons. The molecule has 6 amide bonds. The third kappa shape index (κ3) is 17.3. The number of hydrogen-bond acceptors (Lipinski definition) is 10. The van der Waals surface area contributed by atoms with Crippen molar-refractivity contribution in [3.8, 4) is 0 Å². The molecule has 0 aliphatic carbocycles. The number of amides is 6. The molecule has 0 spiro atoms. The molecule has 0 aliphatic heterocycles. The van der Waals surface area contributed by atoms with E-state index in [0.29, 0.717) is 19.4 Å². The SMILES string of the molecule is CC(C)C[C@H](NC(=O)CN)C(=O)N[C@@H](CCCCN)C(=O)NCC(=O)N[C@@H](CCC(=O)O)C(=O)N[C@@H](CC(N)=O)C(=O)O. The van der Waals surface area contributed by atoms with Crippen molar-refractivity contribution in [3.63, 3.8) is 0 Å². The summed E-state index contributed by atoms with van der Waals surface area (Å²) in [6.45, 7) is 2.97. The number of carbonyl (C=O) groups is 8. The van der Waals surface area contributed by atoms with Crippen molar-refractivity contribution in [1.82, 2.24) is 26.6 Å². The first kappa shape index (κ1) is 38.7. The fraction of sp³-hybridized carbons (Fsp3) is 0.680. The monoisotopic (exact) mass is 616 g/mol. The molecule has 0 aromatic carbocycles. The number of primary amides is 1. The number of rotatable bonds is 22. The van der Waals surface area contributed by atoms with E-state index in [2.05, 4.69) is 21.3 Å². The zero-order valence-electron chi connectivity index (χ0n) is 24.4. The van der Waals surface area contributed by atoms with Gasteiger partial charge in [0.2, 0.25) is 35.4 Å². The third-order valence-corrected chi connectivity index (χ3v) is 5.87. The van der Waals surface area contributed by atoms with Gasteiger partial charge >= 0.3 is 11.9 Å². The number of unbranched alkanes of at least 4 members (excludes halogenated alkanes) is 1. The number of hydrogen-bond donors (Lipinski definition) is 10. The van der Waals surface area contributed by atoms with Crippen LogP contribution < -0.4 is 43.8 Å². The van der Waals surface area contributed by atoms with Crippen LogP contribution in [0.1, 0.15) is 58.8 Å². The van der Waals surface area contributed by atoms with Crippen molar-refractivity contribution in [2.75, 3.05) is 19.6 Å². The lowest BCUT2D eigenvalue weighted by molar-refractivity contribution is -0.144. The van der Waals surface area contributed by atoms with Gasteiger partial charge in [0.1, 0.15) is 24.2 Å². The van der Waals surface area contributed by atoms with Crippen molar-refractivity contribution in [3.05, 3.63) is 0 Å². The Morgan fingerprint density at radius 3 is 1.77 bits per heavy atom. The number of carbonyl (C=O) groups excluding carboxylic acids is 6. The van der Waals surface area contributed by atoms with Crippen LogP contribution in [0.15, 0.2) is 0 Å². The van der Waals surface area contributed by atoms with Gasteiger partial charge in [0.25, 0.3) is 0 Å². The van der Waals surface area contributed by atoms with Crippen molar-refractivity contribution >= 4 is 47.4 Å². The second kappa shape index (κ2) is 20.5. The van der Waals surface area contributed by atoms with Gasteiger partial charge in [-0.2, -0.15) is 0 Å². The molecule has 0 saturated carbocycles. The highest BCUT2D eigenvalue weighted by atomic mass is 16.4. The van der Waals surface area contributed by atoms with Gasteiger partial charge in [0.15, 0.2) is 0 Å². The highest BCUT2D eigenvalue weighted by molar-refractivity contribution is 5.95. The van der Waals surface area contributed by atoms with Crippen LogP contribution in [0.2, 0.25) is 0 Å². The minimum absolute atomic E-state index is 0.00915. The van der Waals surface area contributed by atoms with Crippen molar-refractivity contribution in [1.29, 1.82) is 0 Å². The Hall–Kier alpha value is -4.32. The van der Waals surface area contributed by atoms with Gasteiger partial charge in [0, 0.05) is 6.42 Å². The summed E-state index contributed by atoms with van der Waals surface area (Å²) in [4.78, 5) is 96.4. The molecule has 0 saturated heterocycles. The minimum atomic E-state index is -1.72. The fourth-order valence-electron chi connectivity index (χ4n) is 3.74. The Morgan fingerprint density at radius 2 is 1.26 bits per heavy atom. The van der Waals surface area contributed by atoms with Crippen LogP contribution in [0, 0.1) is 5.92 Å². The summed E-state index contributed by atoms with van der Waals surface area (Å²) < 4.78 is 0. The van der Waals surface area contributed by atoms with Gasteiger partial charge in [-0.1, -0.05) is 13.8 Å². The maximum Gasteiger partial charge on any atom is 0.326 e. The van der Waals surface area contributed by atoms with E-state index < -0.39 is 97.4 Å². The summed E-state index contributed by atoms with van der Waals surface area (Å²) in [5.41, 5.74) is 15.8. The van der Waals surface area contributed by atoms with Gasteiger partial charge in [-0.15, -0.1) is 0 Å². The molecule has 0 rings (SSSR count). The van der Waals surface area contributed by atoms with E-state index >= 15 is 0 Å². The minimum Gasteiger partial charge on any atom is -0.481 e. The van der Waals surface area contributed by atoms with Crippen LogP contribution in [-0.2, 0) is 38.4 Å². The maximum atomic E-state index is 13.0. The lowest BCUT2D eigenvalue weighted by Gasteiger charge is -2.24. The third-order valence-electron chi connectivity index (χ3n) is 5.87. The largest absolute Gasteiger partial charge is 0.481 e. The lowest BCUT2D eigenvalue weighted by Crippen LogP contribution is -2.56. The molecule has 0 fully saturated rings. The van der Waals surface area contributed by atoms with Crippen LogP contribution in [0.25, 0.3) is 0 Å². The molecule has 0 aliphatic rings. The summed E-state index contributed by atoms with van der Waals surface area (Å²) >= 11 is 0. The van der Waals surface area contributed by atoms with E-state index in [-0.39, 0.29) is 25.3 Å². The standard InChI is InChI=1S/C25H44N8O10/c1-13(2)9-16(31-19(35)11-27)24(41)32-14(5-3-4-8-26)22(39)29-12-20(36)30-15(6-7-21(37)38)23(40)33-17(25(42)43)10-18(28)34/h13-17H,3-12,26-27H2,1-2H3,(H2,28,34)(H,29,39)(H,30,36)(H,31,35)(H,32,41)(H,33,40)(H,37,38)(H,42,43)/t14-,15-,16-,17-/m0/s1. The van der Waals surface area contributed by atoms with Crippen LogP contribution in [0.4, 0.5) is 0 Å². The molecular formula is C25H44N8O10. The average molecular weight is 617 g/mol. The van der Waals surface area contributed by atoms with Gasteiger partial charge in [-0.25, -0.2) is 4.79 Å². The van der Waals surface area contributed by atoms with E-state index in [1.807, 2.05) is 19.2 Å². The predicted octanol–water partition coefficient (Wildman–Crippen LogP) is -4.00. The molecule has 0 bridgehead atoms. The normalized spacial score (nSPS) is 13.5. The first-order valence-corrected chi connectivity index (χ1v) is 13.7. The molecule has 0 unspecified atom stereocenters.